The molecule has 0 radical (unpaired) electrons. The smallest absolute Gasteiger partial charge is 0.293 e. The van der Waals surface area contributed by atoms with Gasteiger partial charge in [0.15, 0.2) is 9.84 Å². The predicted octanol–water partition coefficient (Wildman–Crippen LogP) is 2.55. The average molecular weight is 435 g/mol. The van der Waals surface area contributed by atoms with Crippen LogP contribution >= 0.6 is 0 Å². The molecule has 0 N–H and O–H groups in total. The van der Waals surface area contributed by atoms with E-state index in [1.165, 1.54) is 6.26 Å². The van der Waals surface area contributed by atoms with Gasteiger partial charge in [0.1, 0.15) is 5.60 Å². The van der Waals surface area contributed by atoms with Gasteiger partial charge >= 0.3 is 0 Å². The molecule has 1 aromatic heterocycles. The second-order valence-corrected chi connectivity index (χ2v) is 10.1. The van der Waals surface area contributed by atoms with E-state index >= 15 is 0 Å². The molecular weight excluding hydrogens is 404 g/mol. The van der Waals surface area contributed by atoms with Crippen molar-refractivity contribution >= 4 is 27.9 Å². The van der Waals surface area contributed by atoms with Crippen LogP contribution in [-0.2, 0) is 19.4 Å². The van der Waals surface area contributed by atoms with Gasteiger partial charge in [-0.2, -0.15) is 0 Å². The zero-order valence-corrected chi connectivity index (χ0v) is 19.0. The van der Waals surface area contributed by atoms with Gasteiger partial charge in [0.2, 0.25) is 5.95 Å². The van der Waals surface area contributed by atoms with Crippen molar-refractivity contribution in [3.8, 4) is 0 Å². The first kappa shape index (κ1) is 23.6. The summed E-state index contributed by atoms with van der Waals surface area (Å²) in [6.45, 7) is 10.6. The lowest BCUT2D eigenvalue weighted by Crippen LogP contribution is -2.52. The molecule has 2 heterocycles. The highest BCUT2D eigenvalue weighted by molar-refractivity contribution is 7.90. The van der Waals surface area contributed by atoms with Crippen LogP contribution in [0.1, 0.15) is 27.7 Å². The molecule has 1 fully saturated rings. The second kappa shape index (κ2) is 9.88. The van der Waals surface area contributed by atoms with Crippen molar-refractivity contribution in [1.82, 2.24) is 9.97 Å². The lowest BCUT2D eigenvalue weighted by molar-refractivity contribution is -0.138. The van der Waals surface area contributed by atoms with E-state index in [1.54, 1.807) is 24.5 Å². The highest BCUT2D eigenvalue weighted by Crippen LogP contribution is 2.23. The van der Waals surface area contributed by atoms with Gasteiger partial charge in [-0.15, -0.1) is 0 Å². The van der Waals surface area contributed by atoms with Crippen molar-refractivity contribution in [3.05, 3.63) is 42.7 Å². The monoisotopic (exact) mass is 434 g/mol. The summed E-state index contributed by atoms with van der Waals surface area (Å²) in [4.78, 5) is 23.0. The third-order valence-electron chi connectivity index (χ3n) is 4.47. The minimum Gasteiger partial charge on any atom is -0.462 e. The number of benzene rings is 1. The van der Waals surface area contributed by atoms with E-state index < -0.39 is 9.84 Å². The van der Waals surface area contributed by atoms with Crippen molar-refractivity contribution in [2.24, 2.45) is 0 Å². The fraction of sp³-hybridized carbons (Fsp3) is 0.476. The van der Waals surface area contributed by atoms with Crippen LogP contribution in [0.15, 0.2) is 47.6 Å². The molecule has 0 amide bonds. The number of nitrogens with zero attached hydrogens (tertiary/aromatic N) is 4. The van der Waals surface area contributed by atoms with Crippen LogP contribution < -0.4 is 9.80 Å². The molecule has 0 aliphatic carbocycles. The van der Waals surface area contributed by atoms with Crippen LogP contribution in [-0.4, -0.2) is 62.4 Å². The van der Waals surface area contributed by atoms with Crippen molar-refractivity contribution in [2.75, 3.05) is 35.7 Å². The largest absolute Gasteiger partial charge is 0.462 e. The Morgan fingerprint density at radius 3 is 2.13 bits per heavy atom. The van der Waals surface area contributed by atoms with Crippen molar-refractivity contribution in [3.63, 3.8) is 0 Å². The van der Waals surface area contributed by atoms with Crippen LogP contribution in [0, 0.1) is 0 Å². The summed E-state index contributed by atoms with van der Waals surface area (Å²) < 4.78 is 27.6. The fourth-order valence-corrected chi connectivity index (χ4v) is 3.61. The maximum atomic E-state index is 11.5. The van der Waals surface area contributed by atoms with E-state index in [1.807, 2.05) is 39.0 Å². The SMILES string of the molecule is CC(C)(C)OC=O.CC1CN(c2ccc(S(C)(=O)=O)cc2)CCN1c1ncccn1. The molecule has 3 rings (SSSR count). The Kier molecular flexibility index (Phi) is 7.77. The zero-order valence-electron chi connectivity index (χ0n) is 18.1. The maximum absolute atomic E-state index is 11.5. The molecule has 0 spiro atoms. The molecule has 1 aliphatic heterocycles. The Labute approximate surface area is 178 Å². The van der Waals surface area contributed by atoms with Crippen LogP contribution in [0.2, 0.25) is 0 Å². The summed E-state index contributed by atoms with van der Waals surface area (Å²) in [6, 6.07) is 9.17. The zero-order chi connectivity index (χ0) is 22.4. The van der Waals surface area contributed by atoms with Gasteiger partial charge in [-0.3, -0.25) is 4.79 Å². The highest BCUT2D eigenvalue weighted by Gasteiger charge is 2.25. The van der Waals surface area contributed by atoms with E-state index in [0.717, 1.165) is 31.3 Å². The molecule has 1 aromatic carbocycles. The Morgan fingerprint density at radius 2 is 1.70 bits per heavy atom. The second-order valence-electron chi connectivity index (χ2n) is 8.13. The summed E-state index contributed by atoms with van der Waals surface area (Å²) in [5.41, 5.74) is 0.722. The lowest BCUT2D eigenvalue weighted by atomic mass is 10.1. The first-order chi connectivity index (χ1) is 14.0. The number of sulfone groups is 1. The normalized spacial score (nSPS) is 17.0. The Morgan fingerprint density at radius 1 is 1.10 bits per heavy atom. The summed E-state index contributed by atoms with van der Waals surface area (Å²) in [5.74, 6) is 0.757. The van der Waals surface area contributed by atoms with Gasteiger partial charge in [0.05, 0.1) is 4.90 Å². The van der Waals surface area contributed by atoms with Crippen molar-refractivity contribution in [1.29, 1.82) is 0 Å². The Balaban J connectivity index is 0.000000396. The molecule has 9 heteroatoms. The minimum absolute atomic E-state index is 0.278. The molecule has 1 aliphatic rings. The third-order valence-corrected chi connectivity index (χ3v) is 5.60. The van der Waals surface area contributed by atoms with Crippen molar-refractivity contribution < 1.29 is 17.9 Å². The van der Waals surface area contributed by atoms with Gasteiger partial charge in [-0.05, 0) is 58.0 Å². The van der Waals surface area contributed by atoms with Gasteiger partial charge < -0.3 is 14.5 Å². The van der Waals surface area contributed by atoms with Gasteiger partial charge in [-0.1, -0.05) is 0 Å². The van der Waals surface area contributed by atoms with Crippen LogP contribution in [0.4, 0.5) is 11.6 Å². The number of carbonyl (C=O) groups is 1. The molecule has 1 unspecified atom stereocenters. The molecule has 0 saturated carbocycles. The standard InChI is InChI=1S/C16H20N4O2S.C5H10O2/c1-13-12-19(10-11-20(13)16-17-8-3-9-18-16)14-4-6-15(7-5-14)23(2,21)22;1-5(2,3)7-4-6/h3-9,13H,10-12H2,1-2H3;4H,1-3H3. The number of carbonyl (C=O) groups excluding carboxylic acids is 1. The fourth-order valence-electron chi connectivity index (χ4n) is 2.98. The van der Waals surface area contributed by atoms with Crippen LogP contribution in [0.25, 0.3) is 0 Å². The topological polar surface area (TPSA) is 92.7 Å². The molecule has 164 valence electrons. The first-order valence-electron chi connectivity index (χ1n) is 9.71. The number of hydrogen-bond donors (Lipinski definition) is 0. The minimum atomic E-state index is -3.15. The average Bonchev–Trinajstić information content (AvgIpc) is 2.67. The number of aromatic nitrogens is 2. The number of ether oxygens (including phenoxy) is 1. The van der Waals surface area contributed by atoms with E-state index in [0.29, 0.717) is 11.4 Å². The highest BCUT2D eigenvalue weighted by atomic mass is 32.2. The van der Waals surface area contributed by atoms with E-state index in [2.05, 4.69) is 31.4 Å². The lowest BCUT2D eigenvalue weighted by Gasteiger charge is -2.41. The third kappa shape index (κ3) is 6.98. The molecule has 1 saturated heterocycles. The molecule has 30 heavy (non-hydrogen) atoms. The molecular formula is C21H30N4O4S. The summed E-state index contributed by atoms with van der Waals surface area (Å²) >= 11 is 0. The summed E-state index contributed by atoms with van der Waals surface area (Å²) in [7, 11) is -3.15. The Hall–Kier alpha value is -2.68. The number of rotatable bonds is 4. The van der Waals surface area contributed by atoms with Crippen LogP contribution in [0.3, 0.4) is 0 Å². The van der Waals surface area contributed by atoms with E-state index in [9.17, 15) is 13.2 Å². The van der Waals surface area contributed by atoms with E-state index in [4.69, 9.17) is 0 Å². The molecule has 2 aromatic rings. The Bertz CT molecular complexity index is 912. The first-order valence-corrected chi connectivity index (χ1v) is 11.6. The molecule has 8 nitrogen and oxygen atoms in total. The summed E-state index contributed by atoms with van der Waals surface area (Å²) in [5, 5.41) is 0. The van der Waals surface area contributed by atoms with Gasteiger partial charge in [-0.25, -0.2) is 18.4 Å². The quantitative estimate of drug-likeness (QED) is 0.678. The van der Waals surface area contributed by atoms with Crippen LogP contribution in [0.5, 0.6) is 0 Å². The number of anilines is 2. The van der Waals surface area contributed by atoms with Crippen molar-refractivity contribution in [2.45, 2.75) is 44.2 Å². The predicted molar refractivity (Wildman–Crippen MR) is 118 cm³/mol. The van der Waals surface area contributed by atoms with Gasteiger partial charge in [0, 0.05) is 50.0 Å². The number of hydrogen-bond acceptors (Lipinski definition) is 8. The molecule has 0 bridgehead atoms. The van der Waals surface area contributed by atoms with E-state index in [-0.39, 0.29) is 11.6 Å². The summed E-state index contributed by atoms with van der Waals surface area (Å²) in [6.07, 6.45) is 4.74. The van der Waals surface area contributed by atoms with Gasteiger partial charge in [0.25, 0.3) is 6.47 Å². The number of piperazine rings is 1. The maximum Gasteiger partial charge on any atom is 0.293 e. The molecule has 1 atom stereocenters.